The molecule has 0 saturated heterocycles. The molecule has 0 aliphatic heterocycles. The van der Waals surface area contributed by atoms with E-state index >= 15 is 0 Å². The summed E-state index contributed by atoms with van der Waals surface area (Å²) in [5.41, 5.74) is 0. The Balaban J connectivity index is 2.14. The Morgan fingerprint density at radius 1 is 0.650 bits per heavy atom. The molecule has 0 aliphatic carbocycles. The van der Waals surface area contributed by atoms with Gasteiger partial charge in [0.1, 0.15) is 0 Å². The summed E-state index contributed by atoms with van der Waals surface area (Å²) >= 11 is 0. The maximum atomic E-state index is 2.41. The molecule has 0 N–H and O–H groups in total. The summed E-state index contributed by atoms with van der Waals surface area (Å²) < 4.78 is 2.41. The van der Waals surface area contributed by atoms with Gasteiger partial charge in [-0.05, 0) is 12.8 Å². The van der Waals surface area contributed by atoms with Crippen LogP contribution in [0.25, 0.3) is 0 Å². The average molecular weight is 276 g/mol. The summed E-state index contributed by atoms with van der Waals surface area (Å²) in [5.74, 6) is 0. The molecule has 1 heteroatoms. The third kappa shape index (κ3) is 7.67. The highest BCUT2D eigenvalue weighted by atomic mass is 15.0. The molecular weight excluding hydrogens is 242 g/mol. The third-order valence-corrected chi connectivity index (χ3v) is 4.17. The first-order valence-corrected chi connectivity index (χ1v) is 8.84. The Labute approximate surface area is 126 Å². The molecule has 1 atom stereocenters. The number of pyridine rings is 1. The molecule has 0 spiro atoms. The molecule has 114 valence electrons. The van der Waals surface area contributed by atoms with E-state index in [-0.39, 0.29) is 0 Å². The van der Waals surface area contributed by atoms with Crippen LogP contribution in [0.5, 0.6) is 0 Å². The van der Waals surface area contributed by atoms with Gasteiger partial charge in [0.05, 0.1) is 0 Å². The van der Waals surface area contributed by atoms with Crippen LogP contribution in [0.3, 0.4) is 0 Å². The molecule has 0 bridgehead atoms. The van der Waals surface area contributed by atoms with Crippen molar-refractivity contribution >= 4 is 0 Å². The van der Waals surface area contributed by atoms with Gasteiger partial charge in [0.25, 0.3) is 0 Å². The lowest BCUT2D eigenvalue weighted by Gasteiger charge is -2.11. The van der Waals surface area contributed by atoms with Gasteiger partial charge in [0.15, 0.2) is 18.4 Å². The highest BCUT2D eigenvalue weighted by Crippen LogP contribution is 2.17. The van der Waals surface area contributed by atoms with E-state index in [2.05, 4.69) is 49.0 Å². The number of rotatable bonds is 12. The first kappa shape index (κ1) is 17.2. The van der Waals surface area contributed by atoms with Crippen molar-refractivity contribution in [3.8, 4) is 0 Å². The average Bonchev–Trinajstić information content (AvgIpc) is 2.50. The topological polar surface area (TPSA) is 3.88 Å². The monoisotopic (exact) mass is 276 g/mol. The van der Waals surface area contributed by atoms with Crippen molar-refractivity contribution in [1.82, 2.24) is 0 Å². The number of hydrogen-bond donors (Lipinski definition) is 0. The normalized spacial score (nSPS) is 12.5. The Bertz CT molecular complexity index is 307. The summed E-state index contributed by atoms with van der Waals surface area (Å²) in [6.07, 6.45) is 19.7. The smallest absolute Gasteiger partial charge is 0.169 e. The van der Waals surface area contributed by atoms with Crippen LogP contribution in [0.15, 0.2) is 30.6 Å². The highest BCUT2D eigenvalue weighted by molar-refractivity contribution is 4.84. The van der Waals surface area contributed by atoms with Crippen LogP contribution in [0, 0.1) is 0 Å². The molecule has 1 aromatic heterocycles. The lowest BCUT2D eigenvalue weighted by molar-refractivity contribution is -0.724. The number of unbranched alkanes of at least 4 members (excludes halogenated alkanes) is 7. The van der Waals surface area contributed by atoms with Crippen molar-refractivity contribution in [1.29, 1.82) is 0 Å². The van der Waals surface area contributed by atoms with E-state index in [1.165, 1.54) is 70.6 Å². The number of aromatic nitrogens is 1. The Hall–Kier alpha value is -0.850. The van der Waals surface area contributed by atoms with Gasteiger partial charge in [-0.1, -0.05) is 64.9 Å². The second kappa shape index (κ2) is 11.9. The molecule has 0 aliphatic rings. The van der Waals surface area contributed by atoms with E-state index in [4.69, 9.17) is 0 Å². The zero-order valence-electron chi connectivity index (χ0n) is 13.7. The summed E-state index contributed by atoms with van der Waals surface area (Å²) in [5, 5.41) is 0. The molecule has 1 unspecified atom stereocenters. The van der Waals surface area contributed by atoms with Gasteiger partial charge < -0.3 is 0 Å². The first-order chi connectivity index (χ1) is 9.88. The van der Waals surface area contributed by atoms with Crippen LogP contribution in [-0.2, 0) is 0 Å². The minimum absolute atomic E-state index is 0.710. The second-order valence-corrected chi connectivity index (χ2v) is 6.03. The molecule has 0 radical (unpaired) electrons. The Morgan fingerprint density at radius 3 is 1.85 bits per heavy atom. The van der Waals surface area contributed by atoms with Crippen molar-refractivity contribution < 1.29 is 4.57 Å². The van der Waals surface area contributed by atoms with E-state index in [9.17, 15) is 0 Å². The molecule has 1 rings (SSSR count). The van der Waals surface area contributed by atoms with E-state index < -0.39 is 0 Å². The van der Waals surface area contributed by atoms with Gasteiger partial charge in [-0.15, -0.1) is 0 Å². The number of nitrogens with zero attached hydrogens (tertiary/aromatic N) is 1. The van der Waals surface area contributed by atoms with Crippen LogP contribution >= 0.6 is 0 Å². The summed E-state index contributed by atoms with van der Waals surface area (Å²) in [6.45, 7) is 4.58. The second-order valence-electron chi connectivity index (χ2n) is 6.03. The fraction of sp³-hybridized carbons (Fsp3) is 0.737. The third-order valence-electron chi connectivity index (χ3n) is 4.17. The summed E-state index contributed by atoms with van der Waals surface area (Å²) in [7, 11) is 0. The Kier molecular flexibility index (Phi) is 10.3. The molecule has 0 fully saturated rings. The van der Waals surface area contributed by atoms with Crippen molar-refractivity contribution in [2.24, 2.45) is 0 Å². The molecule has 20 heavy (non-hydrogen) atoms. The van der Waals surface area contributed by atoms with Crippen LogP contribution in [0.2, 0.25) is 0 Å². The largest absolute Gasteiger partial charge is 0.202 e. The van der Waals surface area contributed by atoms with Gasteiger partial charge in [-0.25, -0.2) is 4.57 Å². The first-order valence-electron chi connectivity index (χ1n) is 8.84. The van der Waals surface area contributed by atoms with Crippen molar-refractivity contribution in [3.63, 3.8) is 0 Å². The van der Waals surface area contributed by atoms with Crippen LogP contribution in [-0.4, -0.2) is 0 Å². The van der Waals surface area contributed by atoms with Crippen LogP contribution < -0.4 is 4.57 Å². The van der Waals surface area contributed by atoms with Crippen LogP contribution in [0.1, 0.15) is 90.5 Å². The maximum absolute atomic E-state index is 2.41. The minimum atomic E-state index is 0.710. The van der Waals surface area contributed by atoms with Gasteiger partial charge in [-0.3, -0.25) is 0 Å². The molecule has 1 aromatic rings. The predicted octanol–water partition coefficient (Wildman–Crippen LogP) is 5.85. The molecule has 0 saturated carbocycles. The summed E-state index contributed by atoms with van der Waals surface area (Å²) in [4.78, 5) is 0. The Morgan fingerprint density at radius 2 is 1.25 bits per heavy atom. The van der Waals surface area contributed by atoms with Gasteiger partial charge in [-0.2, -0.15) is 0 Å². The molecule has 0 aromatic carbocycles. The molecule has 0 amide bonds. The number of hydrogen-bond acceptors (Lipinski definition) is 0. The van der Waals surface area contributed by atoms with E-state index in [0.29, 0.717) is 6.04 Å². The van der Waals surface area contributed by atoms with Gasteiger partial charge in [0.2, 0.25) is 0 Å². The van der Waals surface area contributed by atoms with Crippen molar-refractivity contribution in [2.75, 3.05) is 0 Å². The zero-order chi connectivity index (χ0) is 14.5. The minimum Gasteiger partial charge on any atom is -0.202 e. The van der Waals surface area contributed by atoms with Gasteiger partial charge >= 0.3 is 0 Å². The predicted molar refractivity (Wildman–Crippen MR) is 87.8 cm³/mol. The van der Waals surface area contributed by atoms with E-state index in [1.54, 1.807) is 0 Å². The fourth-order valence-corrected chi connectivity index (χ4v) is 2.94. The van der Waals surface area contributed by atoms with Gasteiger partial charge in [0, 0.05) is 25.0 Å². The quantitative estimate of drug-likeness (QED) is 0.333. The van der Waals surface area contributed by atoms with Crippen molar-refractivity contribution in [2.45, 2.75) is 90.5 Å². The van der Waals surface area contributed by atoms with Crippen molar-refractivity contribution in [3.05, 3.63) is 30.6 Å². The SMILES string of the molecule is CCCCCCCCCCC(CCC)[n+]1ccccc1. The van der Waals surface area contributed by atoms with E-state index in [1.807, 2.05) is 0 Å². The van der Waals surface area contributed by atoms with Crippen LogP contribution in [0.4, 0.5) is 0 Å². The fourth-order valence-electron chi connectivity index (χ4n) is 2.94. The van der Waals surface area contributed by atoms with E-state index in [0.717, 1.165) is 0 Å². The highest BCUT2D eigenvalue weighted by Gasteiger charge is 2.15. The molecule has 1 heterocycles. The standard InChI is InChI=1S/C19H34N/c1-3-5-6-7-8-9-10-12-16-19(15-4-2)20-17-13-11-14-18-20/h11,13-14,17-19H,3-10,12,15-16H2,1-2H3/q+1. The molecular formula is C19H34N+. The molecule has 1 nitrogen and oxygen atoms in total. The lowest BCUT2D eigenvalue weighted by Crippen LogP contribution is -2.38. The zero-order valence-corrected chi connectivity index (χ0v) is 13.7. The summed E-state index contributed by atoms with van der Waals surface area (Å²) in [6, 6.07) is 7.11. The lowest BCUT2D eigenvalue weighted by atomic mass is 10.0. The maximum Gasteiger partial charge on any atom is 0.169 e.